The van der Waals surface area contributed by atoms with Crippen molar-refractivity contribution >= 4 is 5.91 Å². The minimum absolute atomic E-state index is 0.147. The molecule has 2 rings (SSSR count). The third kappa shape index (κ3) is 0.730. The van der Waals surface area contributed by atoms with Gasteiger partial charge in [-0.05, 0) is 12.8 Å². The molecule has 1 spiro atoms. The molecule has 2 N–H and O–H groups in total. The number of rotatable bonds is 1. The Morgan fingerprint density at radius 3 is 2.73 bits per heavy atom. The lowest BCUT2D eigenvalue weighted by atomic mass is 9.96. The average molecular weight is 159 g/mol. The first-order valence-corrected chi connectivity index (χ1v) is 3.76. The molecule has 1 saturated carbocycles. The van der Waals surface area contributed by atoms with Gasteiger partial charge in [-0.2, -0.15) is 0 Å². The first kappa shape index (κ1) is 7.03. The van der Waals surface area contributed by atoms with E-state index in [9.17, 15) is 9.18 Å². The van der Waals surface area contributed by atoms with E-state index >= 15 is 0 Å². The van der Waals surface area contributed by atoms with E-state index in [0.717, 1.165) is 12.8 Å². The van der Waals surface area contributed by atoms with Crippen LogP contribution in [0.1, 0.15) is 12.8 Å². The number of carbonyl (C=O) groups is 1. The van der Waals surface area contributed by atoms with Crippen molar-refractivity contribution in [3.8, 4) is 0 Å². The predicted octanol–water partition coefficient (Wildman–Crippen LogP) is -0.405. The minimum Gasteiger partial charge on any atom is -0.394 e. The zero-order valence-corrected chi connectivity index (χ0v) is 6.01. The fourth-order valence-electron chi connectivity index (χ4n) is 1.80. The predicted molar refractivity (Wildman–Crippen MR) is 35.6 cm³/mol. The molecule has 1 amide bonds. The monoisotopic (exact) mass is 159 g/mol. The van der Waals surface area contributed by atoms with Crippen LogP contribution in [-0.2, 0) is 4.79 Å². The van der Waals surface area contributed by atoms with E-state index < -0.39 is 17.5 Å². The summed E-state index contributed by atoms with van der Waals surface area (Å²) < 4.78 is 13.1. The molecule has 0 aromatic rings. The van der Waals surface area contributed by atoms with Crippen molar-refractivity contribution in [2.75, 3.05) is 6.61 Å². The van der Waals surface area contributed by atoms with E-state index in [1.54, 1.807) is 0 Å². The lowest BCUT2D eigenvalue weighted by molar-refractivity contribution is -0.124. The number of amides is 1. The van der Waals surface area contributed by atoms with Gasteiger partial charge in [0.1, 0.15) is 0 Å². The highest BCUT2D eigenvalue weighted by Gasteiger charge is 2.63. The summed E-state index contributed by atoms with van der Waals surface area (Å²) in [5.74, 6) is -0.554. The topological polar surface area (TPSA) is 49.3 Å². The summed E-state index contributed by atoms with van der Waals surface area (Å²) in [5.41, 5.74) is -0.536. The molecule has 0 bridgehead atoms. The number of hydrogen-bond donors (Lipinski definition) is 2. The third-order valence-electron chi connectivity index (χ3n) is 2.76. The van der Waals surface area contributed by atoms with Crippen LogP contribution < -0.4 is 5.32 Å². The number of halogens is 1. The Bertz CT molecular complexity index is 203. The van der Waals surface area contributed by atoms with Gasteiger partial charge in [-0.15, -0.1) is 0 Å². The second kappa shape index (κ2) is 1.94. The Labute approximate surface area is 63.6 Å². The van der Waals surface area contributed by atoms with E-state index in [2.05, 4.69) is 5.32 Å². The van der Waals surface area contributed by atoms with Crippen LogP contribution in [0.2, 0.25) is 0 Å². The summed E-state index contributed by atoms with van der Waals surface area (Å²) in [7, 11) is 0. The van der Waals surface area contributed by atoms with E-state index in [1.165, 1.54) is 0 Å². The fourth-order valence-corrected chi connectivity index (χ4v) is 1.80. The molecule has 0 aromatic heterocycles. The maximum atomic E-state index is 13.1. The van der Waals surface area contributed by atoms with Gasteiger partial charge < -0.3 is 10.4 Å². The molecule has 0 aromatic carbocycles. The molecule has 11 heavy (non-hydrogen) atoms. The lowest BCUT2D eigenvalue weighted by Crippen LogP contribution is -2.33. The average Bonchev–Trinajstić information content (AvgIpc) is 2.74. The highest BCUT2D eigenvalue weighted by atomic mass is 19.1. The van der Waals surface area contributed by atoms with Gasteiger partial charge in [0.2, 0.25) is 0 Å². The molecular formula is C7H10FNO2. The number of hydrogen-bond acceptors (Lipinski definition) is 2. The molecule has 1 heterocycles. The third-order valence-corrected chi connectivity index (χ3v) is 2.76. The number of alkyl halides is 1. The van der Waals surface area contributed by atoms with Crippen molar-refractivity contribution in [3.05, 3.63) is 0 Å². The van der Waals surface area contributed by atoms with Crippen LogP contribution in [0, 0.1) is 5.41 Å². The Kier molecular flexibility index (Phi) is 1.24. The second-order valence-electron chi connectivity index (χ2n) is 3.34. The smallest absolute Gasteiger partial charge is 0.255 e. The molecule has 2 aliphatic rings. The van der Waals surface area contributed by atoms with Crippen LogP contribution in [0.25, 0.3) is 0 Å². The van der Waals surface area contributed by atoms with Crippen molar-refractivity contribution < 1.29 is 14.3 Å². The Morgan fingerprint density at radius 2 is 2.36 bits per heavy atom. The molecule has 2 unspecified atom stereocenters. The Balaban J connectivity index is 2.21. The van der Waals surface area contributed by atoms with Gasteiger partial charge in [-0.1, -0.05) is 0 Å². The Hall–Kier alpha value is -0.640. The van der Waals surface area contributed by atoms with Crippen molar-refractivity contribution in [1.29, 1.82) is 0 Å². The minimum atomic E-state index is -1.39. The zero-order valence-electron chi connectivity index (χ0n) is 6.01. The van der Waals surface area contributed by atoms with E-state index in [0.29, 0.717) is 0 Å². The number of aliphatic hydroxyl groups is 1. The molecule has 1 saturated heterocycles. The number of nitrogens with one attached hydrogen (secondary N) is 1. The van der Waals surface area contributed by atoms with Crippen molar-refractivity contribution in [2.45, 2.75) is 25.1 Å². The number of aliphatic hydroxyl groups excluding tert-OH is 1. The SMILES string of the molecule is O=C1NC(CO)C2(CC2)C1F. The van der Waals surface area contributed by atoms with Crippen LogP contribution in [-0.4, -0.2) is 29.8 Å². The van der Waals surface area contributed by atoms with Crippen LogP contribution in [0.15, 0.2) is 0 Å². The van der Waals surface area contributed by atoms with Gasteiger partial charge in [-0.3, -0.25) is 4.79 Å². The molecular weight excluding hydrogens is 149 g/mol. The second-order valence-corrected chi connectivity index (χ2v) is 3.34. The summed E-state index contributed by atoms with van der Waals surface area (Å²) in [6, 6.07) is -0.343. The summed E-state index contributed by atoms with van der Waals surface area (Å²) in [4.78, 5) is 10.8. The van der Waals surface area contributed by atoms with Crippen LogP contribution >= 0.6 is 0 Å². The highest BCUT2D eigenvalue weighted by molar-refractivity contribution is 5.85. The van der Waals surface area contributed by atoms with E-state index in [-0.39, 0.29) is 12.6 Å². The van der Waals surface area contributed by atoms with Gasteiger partial charge in [0.05, 0.1) is 12.6 Å². The van der Waals surface area contributed by atoms with Crippen molar-refractivity contribution in [3.63, 3.8) is 0 Å². The van der Waals surface area contributed by atoms with Gasteiger partial charge in [0.15, 0.2) is 6.17 Å². The maximum absolute atomic E-state index is 13.1. The van der Waals surface area contributed by atoms with Gasteiger partial charge in [0, 0.05) is 5.41 Å². The molecule has 2 fully saturated rings. The first-order valence-electron chi connectivity index (χ1n) is 3.76. The summed E-state index contributed by atoms with van der Waals surface area (Å²) in [6.07, 6.45) is 0.0515. The van der Waals surface area contributed by atoms with Gasteiger partial charge >= 0.3 is 0 Å². The molecule has 3 nitrogen and oxygen atoms in total. The van der Waals surface area contributed by atoms with Gasteiger partial charge in [-0.25, -0.2) is 4.39 Å². The quantitative estimate of drug-likeness (QED) is 0.546. The number of carbonyl (C=O) groups excluding carboxylic acids is 1. The zero-order chi connectivity index (χ0) is 8.06. The summed E-state index contributed by atoms with van der Waals surface area (Å²) in [6.45, 7) is -0.147. The van der Waals surface area contributed by atoms with Crippen molar-refractivity contribution in [2.24, 2.45) is 5.41 Å². The highest BCUT2D eigenvalue weighted by Crippen LogP contribution is 2.55. The first-order chi connectivity index (χ1) is 5.20. The van der Waals surface area contributed by atoms with Crippen LogP contribution in [0.3, 0.4) is 0 Å². The summed E-state index contributed by atoms with van der Waals surface area (Å²) >= 11 is 0. The standard InChI is InChI=1S/C7H10FNO2/c8-5-6(11)9-4(3-10)7(5)1-2-7/h4-5,10H,1-3H2,(H,9,11). The molecule has 62 valence electrons. The normalized spacial score (nSPS) is 39.3. The maximum Gasteiger partial charge on any atom is 0.255 e. The molecule has 2 atom stereocenters. The fraction of sp³-hybridized carbons (Fsp3) is 0.857. The molecule has 1 aliphatic heterocycles. The van der Waals surface area contributed by atoms with Crippen LogP contribution in [0.5, 0.6) is 0 Å². The van der Waals surface area contributed by atoms with E-state index in [1.807, 2.05) is 0 Å². The molecule has 1 aliphatic carbocycles. The van der Waals surface area contributed by atoms with E-state index in [4.69, 9.17) is 5.11 Å². The largest absolute Gasteiger partial charge is 0.394 e. The van der Waals surface area contributed by atoms with Crippen LogP contribution in [0.4, 0.5) is 4.39 Å². The summed E-state index contributed by atoms with van der Waals surface area (Å²) in [5, 5.41) is 11.2. The Morgan fingerprint density at radius 1 is 1.73 bits per heavy atom. The van der Waals surface area contributed by atoms with Gasteiger partial charge in [0.25, 0.3) is 5.91 Å². The van der Waals surface area contributed by atoms with Crippen molar-refractivity contribution in [1.82, 2.24) is 5.32 Å². The lowest BCUT2D eigenvalue weighted by Gasteiger charge is -2.14. The molecule has 4 heteroatoms. The molecule has 0 radical (unpaired) electrons.